The van der Waals surface area contributed by atoms with E-state index in [1.807, 2.05) is 0 Å². The van der Waals surface area contributed by atoms with E-state index < -0.39 is 73.1 Å². The van der Waals surface area contributed by atoms with Crippen LogP contribution in [-0.4, -0.2) is 57.2 Å². The Hall–Kier alpha value is -5.02. The number of carbonyl (C=O) groups excluding carboxylic acids is 3. The summed E-state index contributed by atoms with van der Waals surface area (Å²) in [6, 6.07) is 17.8. The fraction of sp³-hybridized carbons (Fsp3) is 0.367. The number of benzene rings is 2. The molecule has 0 bridgehead atoms. The first kappa shape index (κ1) is 32.9. The number of alkyl halides is 1. The number of rotatable bonds is 11. The van der Waals surface area contributed by atoms with Gasteiger partial charge in [-0.1, -0.05) is 74.5 Å². The van der Waals surface area contributed by atoms with E-state index in [-0.39, 0.29) is 13.2 Å². The van der Waals surface area contributed by atoms with Crippen molar-refractivity contribution in [2.45, 2.75) is 58.1 Å². The van der Waals surface area contributed by atoms with E-state index in [9.17, 15) is 29.1 Å². The Labute approximate surface area is 255 Å². The van der Waals surface area contributed by atoms with Crippen LogP contribution in [0.3, 0.4) is 0 Å². The van der Waals surface area contributed by atoms with Crippen molar-refractivity contribution < 1.29 is 52.3 Å². The smallest absolute Gasteiger partial charge is 0.443 e. The summed E-state index contributed by atoms with van der Waals surface area (Å²) in [7, 11) is 0. The van der Waals surface area contributed by atoms with Crippen LogP contribution >= 0.6 is 0 Å². The van der Waals surface area contributed by atoms with Crippen LogP contribution in [0.1, 0.15) is 31.2 Å². The van der Waals surface area contributed by atoms with Gasteiger partial charge in [-0.2, -0.15) is 0 Å². The van der Waals surface area contributed by atoms with Gasteiger partial charge < -0.3 is 33.5 Å². The highest BCUT2D eigenvalue weighted by atomic mass is 19.2. The molecule has 2 aromatic carbocycles. The van der Waals surface area contributed by atoms with Crippen LogP contribution in [0.2, 0.25) is 0 Å². The molecule has 1 saturated heterocycles. The largest absolute Gasteiger partial charge is 0.509 e. The third-order valence-electron chi connectivity index (χ3n) is 6.57. The van der Waals surface area contributed by atoms with Crippen molar-refractivity contribution >= 4 is 18.3 Å². The van der Waals surface area contributed by atoms with Crippen LogP contribution in [0.15, 0.2) is 82.5 Å². The molecule has 0 radical (unpaired) electrons. The molecular weight excluding hydrogens is 599 g/mol. The van der Waals surface area contributed by atoms with Gasteiger partial charge in [-0.3, -0.25) is 14.2 Å². The molecule has 45 heavy (non-hydrogen) atoms. The van der Waals surface area contributed by atoms with Gasteiger partial charge in [0.25, 0.3) is 11.4 Å². The molecule has 14 nitrogen and oxygen atoms in total. The number of hydrogen-bond donors (Lipinski definition) is 1. The maximum absolute atomic E-state index is 16.1. The first-order chi connectivity index (χ1) is 21.5. The summed E-state index contributed by atoms with van der Waals surface area (Å²) >= 11 is 0. The molecule has 1 aromatic heterocycles. The van der Waals surface area contributed by atoms with E-state index in [1.165, 1.54) is 0 Å². The molecule has 0 amide bonds. The molecule has 4 rings (SSSR count). The van der Waals surface area contributed by atoms with Crippen molar-refractivity contribution in [1.29, 1.82) is 0 Å². The second-order valence-electron chi connectivity index (χ2n) is 10.1. The average molecular weight is 631 g/mol. The zero-order chi connectivity index (χ0) is 32.6. The number of aliphatic hydroxyl groups excluding tert-OH is 1. The molecule has 2 heterocycles. The summed E-state index contributed by atoms with van der Waals surface area (Å²) < 4.78 is 48.2. The molecule has 15 heteroatoms. The van der Waals surface area contributed by atoms with Crippen molar-refractivity contribution in [1.82, 2.24) is 9.13 Å². The van der Waals surface area contributed by atoms with E-state index in [1.54, 1.807) is 74.5 Å². The molecule has 0 spiro atoms. The topological polar surface area (TPSA) is 171 Å². The van der Waals surface area contributed by atoms with Crippen LogP contribution < -0.4 is 11.2 Å². The van der Waals surface area contributed by atoms with Crippen molar-refractivity contribution in [2.24, 2.45) is 5.92 Å². The third-order valence-corrected chi connectivity index (χ3v) is 6.57. The van der Waals surface area contributed by atoms with Crippen LogP contribution in [0, 0.1) is 5.92 Å². The number of aliphatic hydroxyl groups is 1. The number of nitrogens with zero attached hydrogens (tertiary/aromatic N) is 2. The van der Waals surface area contributed by atoms with Gasteiger partial charge in [0.2, 0.25) is 6.10 Å². The van der Waals surface area contributed by atoms with E-state index in [0.29, 0.717) is 20.3 Å². The quantitative estimate of drug-likeness (QED) is 0.243. The summed E-state index contributed by atoms with van der Waals surface area (Å²) in [5.41, 5.74) is -0.882. The normalized spacial score (nSPS) is 20.8. The first-order valence-corrected chi connectivity index (χ1v) is 13.7. The van der Waals surface area contributed by atoms with Gasteiger partial charge >= 0.3 is 24.0 Å². The summed E-state index contributed by atoms with van der Waals surface area (Å²) in [5.74, 6) is -4.51. The lowest BCUT2D eigenvalue weighted by Crippen LogP contribution is -2.47. The lowest BCUT2D eigenvalue weighted by Gasteiger charge is -2.25. The Morgan fingerprint density at radius 3 is 1.98 bits per heavy atom. The van der Waals surface area contributed by atoms with Crippen molar-refractivity contribution in [3.63, 3.8) is 0 Å². The Morgan fingerprint density at radius 2 is 1.44 bits per heavy atom. The SMILES string of the molecule is CC(C)C(=O)OCn1c(=O)ccn([C@@H]2O[C@](F)(CO)[C@@H](OC(=O)OCc3ccccc3)[C@H]2OC(=O)OCc2ccccc2)c1=O. The average Bonchev–Trinajstić information content (AvgIpc) is 3.30. The highest BCUT2D eigenvalue weighted by Crippen LogP contribution is 2.41. The number of esters is 1. The number of aromatic nitrogens is 2. The minimum Gasteiger partial charge on any atom is -0.443 e. The Bertz CT molecular complexity index is 1590. The fourth-order valence-electron chi connectivity index (χ4n) is 4.20. The predicted octanol–water partition coefficient (Wildman–Crippen LogP) is 2.80. The van der Waals surface area contributed by atoms with Crippen LogP contribution in [-0.2, 0) is 53.2 Å². The minimum atomic E-state index is -3.23. The molecule has 4 atom stereocenters. The second-order valence-corrected chi connectivity index (χ2v) is 10.1. The molecule has 0 unspecified atom stereocenters. The van der Waals surface area contributed by atoms with Crippen LogP contribution in [0.5, 0.6) is 0 Å². The first-order valence-electron chi connectivity index (χ1n) is 13.7. The highest BCUT2D eigenvalue weighted by Gasteiger charge is 2.62. The lowest BCUT2D eigenvalue weighted by atomic mass is 10.1. The van der Waals surface area contributed by atoms with Gasteiger partial charge in [0.05, 0.1) is 5.92 Å². The zero-order valence-corrected chi connectivity index (χ0v) is 24.3. The molecule has 0 aliphatic carbocycles. The number of halogens is 1. The van der Waals surface area contributed by atoms with Crippen molar-refractivity contribution in [3.8, 4) is 0 Å². The Kier molecular flexibility index (Phi) is 10.7. The number of hydrogen-bond acceptors (Lipinski definition) is 12. The molecular formula is C30H31FN2O12. The summed E-state index contributed by atoms with van der Waals surface area (Å²) in [5, 5.41) is 9.95. The minimum absolute atomic E-state index is 0.255. The van der Waals surface area contributed by atoms with Crippen LogP contribution in [0.4, 0.5) is 14.0 Å². The third kappa shape index (κ3) is 8.13. The maximum atomic E-state index is 16.1. The highest BCUT2D eigenvalue weighted by molar-refractivity contribution is 5.71. The Morgan fingerprint density at radius 1 is 0.889 bits per heavy atom. The molecule has 0 saturated carbocycles. The van der Waals surface area contributed by atoms with Crippen LogP contribution in [0.25, 0.3) is 0 Å². The van der Waals surface area contributed by atoms with E-state index >= 15 is 4.39 Å². The van der Waals surface area contributed by atoms with Gasteiger partial charge in [0.1, 0.15) is 19.8 Å². The fourth-order valence-corrected chi connectivity index (χ4v) is 4.20. The molecule has 3 aromatic rings. The molecule has 1 aliphatic rings. The number of ether oxygens (including phenoxy) is 6. The summed E-state index contributed by atoms with van der Waals surface area (Å²) in [4.78, 5) is 63.2. The lowest BCUT2D eigenvalue weighted by molar-refractivity contribution is -0.210. The monoisotopic (exact) mass is 630 g/mol. The van der Waals surface area contributed by atoms with E-state index in [2.05, 4.69) is 0 Å². The predicted molar refractivity (Wildman–Crippen MR) is 150 cm³/mol. The van der Waals surface area contributed by atoms with Gasteiger partial charge in [0, 0.05) is 12.3 Å². The van der Waals surface area contributed by atoms with Gasteiger partial charge in [-0.15, -0.1) is 0 Å². The molecule has 240 valence electrons. The summed E-state index contributed by atoms with van der Waals surface area (Å²) in [6.07, 6.45) is -7.93. The second kappa shape index (κ2) is 14.6. The van der Waals surface area contributed by atoms with Crippen molar-refractivity contribution in [2.75, 3.05) is 6.61 Å². The maximum Gasteiger partial charge on any atom is 0.509 e. The molecule has 1 fully saturated rings. The Balaban J connectivity index is 1.63. The zero-order valence-electron chi connectivity index (χ0n) is 24.3. The molecule has 1 N–H and O–H groups in total. The van der Waals surface area contributed by atoms with E-state index in [4.69, 9.17) is 28.4 Å². The summed E-state index contributed by atoms with van der Waals surface area (Å²) in [6.45, 7) is 0.355. The van der Waals surface area contributed by atoms with Gasteiger partial charge in [-0.05, 0) is 11.1 Å². The standard InChI is InChI=1S/C30H31FN2O12/c1-19(2)26(36)42-18-33-22(35)13-14-32(27(33)37)25-23(43-28(38)40-15-20-9-5-3-6-10-20)24(30(31,17-34)45-25)44-29(39)41-16-21-11-7-4-8-12-21/h3-14,19,23-25,34H,15-18H2,1-2H3/t23-,24+,25-,30-/m1/s1. The number of carbonyl (C=O) groups is 3. The van der Waals surface area contributed by atoms with E-state index in [0.717, 1.165) is 12.3 Å². The van der Waals surface area contributed by atoms with Gasteiger partial charge in [0.15, 0.2) is 19.1 Å². The van der Waals surface area contributed by atoms with Crippen molar-refractivity contribution in [3.05, 3.63) is 105 Å². The molecule has 1 aliphatic heterocycles. The van der Waals surface area contributed by atoms with Gasteiger partial charge in [-0.25, -0.2) is 23.3 Å².